The second-order valence-electron chi connectivity index (χ2n) is 5.56. The van der Waals surface area contributed by atoms with E-state index in [1.807, 2.05) is 54.6 Å². The predicted molar refractivity (Wildman–Crippen MR) is 94.7 cm³/mol. The van der Waals surface area contributed by atoms with Crippen LogP contribution >= 0.6 is 0 Å². The summed E-state index contributed by atoms with van der Waals surface area (Å²) in [5.41, 5.74) is 3.40. The zero-order valence-corrected chi connectivity index (χ0v) is 13.5. The van der Waals surface area contributed by atoms with Gasteiger partial charge in [0, 0.05) is 6.42 Å². The molecule has 0 heterocycles. The average Bonchev–Trinajstić information content (AvgIpc) is 2.58. The van der Waals surface area contributed by atoms with E-state index in [9.17, 15) is 9.18 Å². The topological polar surface area (TPSA) is 17.1 Å². The number of allylic oxidation sites excluding steroid dienone is 2. The van der Waals surface area contributed by atoms with Crippen molar-refractivity contribution >= 4 is 17.9 Å². The lowest BCUT2D eigenvalue weighted by Gasteiger charge is -2.07. The SMILES string of the molecule is CC(=O)/C(C)=C/CC(F)c1ccc(/C=C/c2ccccc2)cc1. The minimum Gasteiger partial charge on any atom is -0.295 e. The number of carbonyl (C=O) groups is 1. The molecule has 1 atom stereocenters. The van der Waals surface area contributed by atoms with Gasteiger partial charge in [-0.05, 0) is 36.1 Å². The van der Waals surface area contributed by atoms with Crippen LogP contribution in [-0.2, 0) is 4.79 Å². The van der Waals surface area contributed by atoms with E-state index in [1.165, 1.54) is 6.92 Å². The Morgan fingerprint density at radius 2 is 1.52 bits per heavy atom. The molecule has 0 saturated carbocycles. The molecule has 0 amide bonds. The maximum absolute atomic E-state index is 14.2. The van der Waals surface area contributed by atoms with Crippen molar-refractivity contribution in [3.63, 3.8) is 0 Å². The van der Waals surface area contributed by atoms with Crippen LogP contribution < -0.4 is 0 Å². The van der Waals surface area contributed by atoms with Crippen LogP contribution in [0.2, 0.25) is 0 Å². The van der Waals surface area contributed by atoms with Gasteiger partial charge >= 0.3 is 0 Å². The zero-order valence-electron chi connectivity index (χ0n) is 13.5. The van der Waals surface area contributed by atoms with Crippen molar-refractivity contribution in [3.05, 3.63) is 82.9 Å². The first kappa shape index (κ1) is 16.9. The number of hydrogen-bond donors (Lipinski definition) is 0. The van der Waals surface area contributed by atoms with Gasteiger partial charge < -0.3 is 0 Å². The lowest BCUT2D eigenvalue weighted by molar-refractivity contribution is -0.113. The first-order valence-electron chi connectivity index (χ1n) is 7.71. The average molecular weight is 308 g/mol. The van der Waals surface area contributed by atoms with Crippen LogP contribution in [0.5, 0.6) is 0 Å². The quantitative estimate of drug-likeness (QED) is 0.487. The lowest BCUT2D eigenvalue weighted by Crippen LogP contribution is -1.94. The summed E-state index contributed by atoms with van der Waals surface area (Å²) in [6.45, 7) is 3.21. The molecule has 0 bridgehead atoms. The summed E-state index contributed by atoms with van der Waals surface area (Å²) in [5.74, 6) is -0.0152. The van der Waals surface area contributed by atoms with E-state index in [2.05, 4.69) is 0 Å². The Morgan fingerprint density at radius 3 is 2.09 bits per heavy atom. The van der Waals surface area contributed by atoms with E-state index >= 15 is 0 Å². The molecule has 1 unspecified atom stereocenters. The fraction of sp³-hybridized carbons (Fsp3) is 0.190. The predicted octanol–water partition coefficient (Wildman–Crippen LogP) is 5.79. The van der Waals surface area contributed by atoms with E-state index in [4.69, 9.17) is 0 Å². The van der Waals surface area contributed by atoms with Crippen molar-refractivity contribution in [1.29, 1.82) is 0 Å². The molecule has 118 valence electrons. The lowest BCUT2D eigenvalue weighted by atomic mass is 10.0. The van der Waals surface area contributed by atoms with E-state index in [0.717, 1.165) is 11.1 Å². The van der Waals surface area contributed by atoms with Gasteiger partial charge in [-0.1, -0.05) is 72.8 Å². The Balaban J connectivity index is 2.00. The van der Waals surface area contributed by atoms with Crippen molar-refractivity contribution in [3.8, 4) is 0 Å². The first-order chi connectivity index (χ1) is 11.1. The van der Waals surface area contributed by atoms with Crippen molar-refractivity contribution in [2.24, 2.45) is 0 Å². The molecule has 0 N–H and O–H groups in total. The van der Waals surface area contributed by atoms with Gasteiger partial charge in [0.25, 0.3) is 0 Å². The third-order valence-corrected chi connectivity index (χ3v) is 3.75. The van der Waals surface area contributed by atoms with Crippen LogP contribution in [0.1, 0.15) is 43.1 Å². The summed E-state index contributed by atoms with van der Waals surface area (Å²) in [4.78, 5) is 11.1. The highest BCUT2D eigenvalue weighted by atomic mass is 19.1. The molecule has 2 rings (SSSR count). The number of benzene rings is 2. The Hall–Kier alpha value is -2.48. The van der Waals surface area contributed by atoms with E-state index in [-0.39, 0.29) is 12.2 Å². The Bertz CT molecular complexity index is 696. The largest absolute Gasteiger partial charge is 0.295 e. The fourth-order valence-electron chi connectivity index (χ4n) is 2.13. The van der Waals surface area contributed by atoms with Gasteiger partial charge in [-0.2, -0.15) is 0 Å². The van der Waals surface area contributed by atoms with Crippen molar-refractivity contribution in [2.75, 3.05) is 0 Å². The normalized spacial score (nSPS) is 13.3. The fourth-order valence-corrected chi connectivity index (χ4v) is 2.13. The van der Waals surface area contributed by atoms with Crippen LogP contribution in [0.15, 0.2) is 66.2 Å². The number of hydrogen-bond acceptors (Lipinski definition) is 1. The Labute approximate surface area is 137 Å². The number of carbonyl (C=O) groups excluding carboxylic acids is 1. The number of alkyl halides is 1. The molecule has 0 aliphatic rings. The van der Waals surface area contributed by atoms with Crippen molar-refractivity contribution in [2.45, 2.75) is 26.4 Å². The van der Waals surface area contributed by atoms with Gasteiger partial charge in [0.05, 0.1) is 0 Å². The maximum Gasteiger partial charge on any atom is 0.155 e. The summed E-state index contributed by atoms with van der Waals surface area (Å²) in [5, 5.41) is 0. The second-order valence-corrected chi connectivity index (χ2v) is 5.56. The van der Waals surface area contributed by atoms with E-state index in [0.29, 0.717) is 11.1 Å². The molecule has 0 fully saturated rings. The van der Waals surface area contributed by atoms with E-state index in [1.54, 1.807) is 25.1 Å². The molecule has 0 spiro atoms. The summed E-state index contributed by atoms with van der Waals surface area (Å²) in [6.07, 6.45) is 4.84. The number of rotatable bonds is 6. The molecular formula is C21H21FO. The minimum atomic E-state index is -1.09. The van der Waals surface area contributed by atoms with Gasteiger partial charge in [0.1, 0.15) is 6.17 Å². The monoisotopic (exact) mass is 308 g/mol. The van der Waals surface area contributed by atoms with Crippen LogP contribution in [-0.4, -0.2) is 5.78 Å². The smallest absolute Gasteiger partial charge is 0.155 e. The third-order valence-electron chi connectivity index (χ3n) is 3.75. The zero-order chi connectivity index (χ0) is 16.7. The van der Waals surface area contributed by atoms with E-state index < -0.39 is 6.17 Å². The Kier molecular flexibility index (Phi) is 6.04. The van der Waals surface area contributed by atoms with Gasteiger partial charge in [0.2, 0.25) is 0 Å². The van der Waals surface area contributed by atoms with Crippen LogP contribution in [0, 0.1) is 0 Å². The Morgan fingerprint density at radius 1 is 0.957 bits per heavy atom. The van der Waals surface area contributed by atoms with Crippen LogP contribution in [0.4, 0.5) is 4.39 Å². The molecule has 0 aromatic heterocycles. The molecule has 0 radical (unpaired) electrons. The molecule has 23 heavy (non-hydrogen) atoms. The minimum absolute atomic E-state index is 0.0152. The molecule has 1 nitrogen and oxygen atoms in total. The second kappa shape index (κ2) is 8.23. The van der Waals surface area contributed by atoms with Gasteiger partial charge in [-0.15, -0.1) is 0 Å². The molecule has 0 aliphatic carbocycles. The highest BCUT2D eigenvalue weighted by Crippen LogP contribution is 2.23. The van der Waals surface area contributed by atoms with Crippen LogP contribution in [0.3, 0.4) is 0 Å². The summed E-state index contributed by atoms with van der Waals surface area (Å²) >= 11 is 0. The summed E-state index contributed by atoms with van der Waals surface area (Å²) in [7, 11) is 0. The third kappa shape index (κ3) is 5.33. The number of ketones is 1. The van der Waals surface area contributed by atoms with Gasteiger partial charge in [-0.25, -0.2) is 4.39 Å². The van der Waals surface area contributed by atoms with Crippen LogP contribution in [0.25, 0.3) is 12.2 Å². The highest BCUT2D eigenvalue weighted by Gasteiger charge is 2.08. The molecule has 0 aliphatic heterocycles. The first-order valence-corrected chi connectivity index (χ1v) is 7.71. The maximum atomic E-state index is 14.2. The number of Topliss-reactive ketones (excluding diaryl/α,β-unsaturated/α-hetero) is 1. The number of halogens is 1. The highest BCUT2D eigenvalue weighted by molar-refractivity contribution is 5.92. The van der Waals surface area contributed by atoms with Crippen molar-refractivity contribution < 1.29 is 9.18 Å². The van der Waals surface area contributed by atoms with Gasteiger partial charge in [-0.3, -0.25) is 4.79 Å². The summed E-state index contributed by atoms with van der Waals surface area (Å²) < 4.78 is 14.2. The standard InChI is InChI=1S/C21H21FO/c1-16(17(2)23)8-15-21(22)20-13-11-19(12-14-20)10-9-18-6-4-3-5-7-18/h3-14,21H,15H2,1-2H3/b10-9+,16-8+. The van der Waals surface area contributed by atoms with Gasteiger partial charge in [0.15, 0.2) is 5.78 Å². The summed E-state index contributed by atoms with van der Waals surface area (Å²) in [6, 6.07) is 17.4. The molecule has 2 heteroatoms. The van der Waals surface area contributed by atoms with Crippen molar-refractivity contribution in [1.82, 2.24) is 0 Å². The molecular weight excluding hydrogens is 287 g/mol. The molecule has 2 aromatic rings. The molecule has 0 saturated heterocycles. The molecule has 2 aromatic carbocycles.